The van der Waals surface area contributed by atoms with Gasteiger partial charge in [0.15, 0.2) is 0 Å². The quantitative estimate of drug-likeness (QED) is 0.191. The largest absolute Gasteiger partial charge is 0.309 e. The lowest BCUT2D eigenvalue weighted by molar-refractivity contribution is 1.18. The molecule has 10 rings (SSSR count). The lowest BCUT2D eigenvalue weighted by Gasteiger charge is -2.11. The predicted molar refractivity (Wildman–Crippen MR) is 203 cm³/mol. The maximum atomic E-state index is 9.63. The summed E-state index contributed by atoms with van der Waals surface area (Å²) in [7, 11) is 0. The van der Waals surface area contributed by atoms with Crippen LogP contribution in [-0.4, -0.2) is 9.13 Å². The lowest BCUT2D eigenvalue weighted by Crippen LogP contribution is -1.94. The summed E-state index contributed by atoms with van der Waals surface area (Å²) >= 11 is 1.85. The van der Waals surface area contributed by atoms with Crippen LogP contribution in [0.25, 0.3) is 86.3 Å². The Hall–Kier alpha value is -6.15. The molecule has 0 N–H and O–H groups in total. The van der Waals surface area contributed by atoms with Gasteiger partial charge >= 0.3 is 0 Å². The molecule has 7 aromatic carbocycles. The standard InChI is InChI=1S/C44H27N3S/c1-27-13-17-41-35(21-27)36-22-28(26-45)14-18-42(36)46(41)31-8-6-7-29(23-31)30-15-19-43-37(24-30)38-25-32(16-20-44(38)48-43)47-39-11-4-2-9-33(39)34-10-3-5-12-40(34)47/h2-25H,1H3. The number of rotatable bonds is 3. The monoisotopic (exact) mass is 629 g/mol. The minimum absolute atomic E-state index is 0.675. The van der Waals surface area contributed by atoms with E-state index in [9.17, 15) is 5.26 Å². The lowest BCUT2D eigenvalue weighted by atomic mass is 10.0. The summed E-state index contributed by atoms with van der Waals surface area (Å²) in [5, 5.41) is 17.0. The van der Waals surface area contributed by atoms with Gasteiger partial charge in [-0.1, -0.05) is 66.2 Å². The van der Waals surface area contributed by atoms with Crippen LogP contribution in [0.5, 0.6) is 0 Å². The molecule has 0 saturated carbocycles. The maximum Gasteiger partial charge on any atom is 0.0991 e. The first-order chi connectivity index (χ1) is 23.6. The Kier molecular flexibility index (Phi) is 5.72. The van der Waals surface area contributed by atoms with E-state index >= 15 is 0 Å². The molecule has 0 unspecified atom stereocenters. The fraction of sp³-hybridized carbons (Fsp3) is 0.0227. The van der Waals surface area contributed by atoms with E-state index in [4.69, 9.17) is 0 Å². The van der Waals surface area contributed by atoms with Gasteiger partial charge in [0.25, 0.3) is 0 Å². The van der Waals surface area contributed by atoms with Crippen molar-refractivity contribution in [3.8, 4) is 28.6 Å². The van der Waals surface area contributed by atoms with Crippen molar-refractivity contribution in [2.45, 2.75) is 6.92 Å². The van der Waals surface area contributed by atoms with Crippen molar-refractivity contribution in [2.75, 3.05) is 0 Å². The van der Waals surface area contributed by atoms with Crippen molar-refractivity contribution >= 4 is 75.1 Å². The zero-order chi connectivity index (χ0) is 31.9. The molecular weight excluding hydrogens is 603 g/mol. The first-order valence-electron chi connectivity index (χ1n) is 16.2. The number of para-hydroxylation sites is 2. The van der Waals surface area contributed by atoms with Crippen molar-refractivity contribution in [1.29, 1.82) is 5.26 Å². The second-order valence-corrected chi connectivity index (χ2v) is 13.7. The molecule has 224 valence electrons. The Morgan fingerprint density at radius 2 is 1.06 bits per heavy atom. The van der Waals surface area contributed by atoms with Gasteiger partial charge in [0, 0.05) is 53.1 Å². The van der Waals surface area contributed by atoms with E-state index in [1.807, 2.05) is 23.5 Å². The highest BCUT2D eigenvalue weighted by atomic mass is 32.1. The summed E-state index contributed by atoms with van der Waals surface area (Å²) < 4.78 is 7.30. The van der Waals surface area contributed by atoms with Crippen LogP contribution in [0.1, 0.15) is 11.1 Å². The number of aromatic nitrogens is 2. The van der Waals surface area contributed by atoms with Crippen molar-refractivity contribution in [3.63, 3.8) is 0 Å². The van der Waals surface area contributed by atoms with Crippen molar-refractivity contribution < 1.29 is 0 Å². The molecule has 0 aliphatic rings. The summed E-state index contributed by atoms with van der Waals surface area (Å²) in [6.45, 7) is 2.12. The number of aryl methyl sites for hydroxylation is 1. The summed E-state index contributed by atoms with van der Waals surface area (Å²) in [6, 6.07) is 54.9. The van der Waals surface area contributed by atoms with Gasteiger partial charge in [-0.3, -0.25) is 0 Å². The Morgan fingerprint density at radius 3 is 1.81 bits per heavy atom. The van der Waals surface area contributed by atoms with Crippen molar-refractivity contribution in [3.05, 3.63) is 157 Å². The molecule has 0 atom stereocenters. The van der Waals surface area contributed by atoms with Crippen LogP contribution in [0.4, 0.5) is 0 Å². The molecule has 3 nitrogen and oxygen atoms in total. The van der Waals surface area contributed by atoms with Crippen molar-refractivity contribution in [2.24, 2.45) is 0 Å². The van der Waals surface area contributed by atoms with Gasteiger partial charge in [0.2, 0.25) is 0 Å². The van der Waals surface area contributed by atoms with E-state index in [1.165, 1.54) is 64.4 Å². The van der Waals surface area contributed by atoms with Crippen LogP contribution in [0.2, 0.25) is 0 Å². The highest BCUT2D eigenvalue weighted by Gasteiger charge is 2.16. The van der Waals surface area contributed by atoms with Crippen LogP contribution in [-0.2, 0) is 0 Å². The fourth-order valence-corrected chi connectivity index (χ4v) is 8.66. The average molecular weight is 630 g/mol. The fourth-order valence-electron chi connectivity index (χ4n) is 7.59. The number of hydrogen-bond acceptors (Lipinski definition) is 2. The number of nitrogens with zero attached hydrogens (tertiary/aromatic N) is 3. The predicted octanol–water partition coefficient (Wildman–Crippen LogP) is 12.1. The molecule has 0 spiro atoms. The number of nitriles is 1. The van der Waals surface area contributed by atoms with Gasteiger partial charge in [-0.25, -0.2) is 0 Å². The van der Waals surface area contributed by atoms with Crippen LogP contribution >= 0.6 is 11.3 Å². The third kappa shape index (κ3) is 3.92. The molecule has 0 saturated heterocycles. The van der Waals surface area contributed by atoms with Gasteiger partial charge in [0.1, 0.15) is 0 Å². The Bertz CT molecular complexity index is 2930. The second kappa shape index (κ2) is 10.2. The molecule has 3 heterocycles. The third-order valence-corrected chi connectivity index (χ3v) is 10.9. The normalized spacial score (nSPS) is 11.8. The van der Waals surface area contributed by atoms with Crippen molar-refractivity contribution in [1.82, 2.24) is 9.13 Å². The van der Waals surface area contributed by atoms with Gasteiger partial charge in [-0.05, 0) is 103 Å². The zero-order valence-electron chi connectivity index (χ0n) is 26.1. The minimum Gasteiger partial charge on any atom is -0.309 e. The molecule has 0 aliphatic carbocycles. The van der Waals surface area contributed by atoms with E-state index in [0.717, 1.165) is 27.5 Å². The summed E-state index contributed by atoms with van der Waals surface area (Å²) in [4.78, 5) is 0. The second-order valence-electron chi connectivity index (χ2n) is 12.6. The van der Waals surface area contributed by atoms with Crippen LogP contribution in [0.3, 0.4) is 0 Å². The zero-order valence-corrected chi connectivity index (χ0v) is 26.9. The highest BCUT2D eigenvalue weighted by Crippen LogP contribution is 2.40. The molecule has 0 amide bonds. The summed E-state index contributed by atoms with van der Waals surface area (Å²) in [5.74, 6) is 0. The van der Waals surface area contributed by atoms with Gasteiger partial charge in [0.05, 0.1) is 33.7 Å². The van der Waals surface area contributed by atoms with Crippen LogP contribution < -0.4 is 0 Å². The summed E-state index contributed by atoms with van der Waals surface area (Å²) in [5.41, 5.74) is 11.2. The molecule has 3 aromatic heterocycles. The summed E-state index contributed by atoms with van der Waals surface area (Å²) in [6.07, 6.45) is 0. The Balaban J connectivity index is 1.14. The Labute approximate surface area is 280 Å². The first kappa shape index (κ1) is 27.0. The SMILES string of the molecule is Cc1ccc2c(c1)c1cc(C#N)ccc1n2-c1cccc(-c2ccc3sc4ccc(-n5c6ccccc6c6ccccc65)cc4c3c2)c1. The smallest absolute Gasteiger partial charge is 0.0991 e. The molecule has 0 aliphatic heterocycles. The van der Waals surface area contributed by atoms with Crippen LogP contribution in [0.15, 0.2) is 146 Å². The Morgan fingerprint density at radius 1 is 0.458 bits per heavy atom. The van der Waals surface area contributed by atoms with E-state index < -0.39 is 0 Å². The molecule has 4 heteroatoms. The van der Waals surface area contributed by atoms with Gasteiger partial charge < -0.3 is 9.13 Å². The molecule has 10 aromatic rings. The van der Waals surface area contributed by atoms with E-state index in [2.05, 4.69) is 156 Å². The number of hydrogen-bond donors (Lipinski definition) is 0. The number of benzene rings is 7. The first-order valence-corrected chi connectivity index (χ1v) is 17.0. The minimum atomic E-state index is 0.675. The van der Waals surface area contributed by atoms with Crippen LogP contribution in [0, 0.1) is 18.3 Å². The van der Waals surface area contributed by atoms with Gasteiger partial charge in [-0.2, -0.15) is 5.26 Å². The topological polar surface area (TPSA) is 33.6 Å². The molecule has 48 heavy (non-hydrogen) atoms. The van der Waals surface area contributed by atoms with E-state index in [1.54, 1.807) is 0 Å². The third-order valence-electron chi connectivity index (χ3n) is 9.78. The van der Waals surface area contributed by atoms with E-state index in [0.29, 0.717) is 5.56 Å². The highest BCUT2D eigenvalue weighted by molar-refractivity contribution is 7.25. The molecular formula is C44H27N3S. The number of fused-ring (bicyclic) bond motifs is 9. The number of thiophene rings is 1. The molecule has 0 radical (unpaired) electrons. The van der Waals surface area contributed by atoms with E-state index in [-0.39, 0.29) is 0 Å². The average Bonchev–Trinajstić information content (AvgIpc) is 3.78. The van der Waals surface area contributed by atoms with Gasteiger partial charge in [-0.15, -0.1) is 11.3 Å². The molecule has 0 bridgehead atoms. The maximum absolute atomic E-state index is 9.63. The molecule has 0 fully saturated rings.